The molecule has 0 saturated carbocycles. The summed E-state index contributed by atoms with van der Waals surface area (Å²) >= 11 is -3.65. The third-order valence-electron chi connectivity index (χ3n) is 10.3. The van der Waals surface area contributed by atoms with E-state index < -0.39 is 17.1 Å². The maximum atomic E-state index is 2.84. The van der Waals surface area contributed by atoms with Gasteiger partial charge in [0.25, 0.3) is 0 Å². The Kier molecular flexibility index (Phi) is 7.85. The molecule has 6 rings (SSSR count). The number of hydrogen-bond acceptors (Lipinski definition) is 0. The molecule has 0 fully saturated rings. The Balaban J connectivity index is 1.51. The first-order valence-corrected chi connectivity index (χ1v) is 34.7. The van der Waals surface area contributed by atoms with E-state index in [0.717, 1.165) is 12.8 Å². The van der Waals surface area contributed by atoms with Crippen molar-refractivity contribution >= 4 is 18.4 Å². The van der Waals surface area contributed by atoms with Gasteiger partial charge >= 0.3 is 251 Å². The van der Waals surface area contributed by atoms with Crippen molar-refractivity contribution in [3.05, 3.63) is 130 Å². The average Bonchev–Trinajstić information content (AvgIpc) is 3.66. The summed E-state index contributed by atoms with van der Waals surface area (Å²) in [5.74, 6) is 0. The Morgan fingerprint density at radius 1 is 0.561 bits per heavy atom. The molecule has 0 N–H and O–H groups in total. The summed E-state index contributed by atoms with van der Waals surface area (Å²) in [6, 6.07) is 33.8. The molecule has 0 nitrogen and oxygen atoms in total. The zero-order valence-corrected chi connectivity index (χ0v) is 30.2. The molecule has 0 bridgehead atoms. The Morgan fingerprint density at radius 3 is 1.44 bits per heavy atom. The minimum atomic E-state index is -3.65. The van der Waals surface area contributed by atoms with Crippen molar-refractivity contribution in [2.24, 2.45) is 0 Å². The van der Waals surface area contributed by atoms with Crippen LogP contribution in [0.2, 0.25) is 15.4 Å². The van der Waals surface area contributed by atoms with Gasteiger partial charge in [0, 0.05) is 0 Å². The average molecular weight is 719 g/mol. The van der Waals surface area contributed by atoms with Crippen molar-refractivity contribution in [3.63, 3.8) is 0 Å². The van der Waals surface area contributed by atoms with E-state index in [1.807, 2.05) is 0 Å². The molecule has 2 aliphatic carbocycles. The molecule has 4 aromatic rings. The zero-order chi connectivity index (χ0) is 28.6. The maximum absolute atomic E-state index is 3.65. The van der Waals surface area contributed by atoms with Crippen molar-refractivity contribution in [1.29, 1.82) is 0 Å². The van der Waals surface area contributed by atoms with Gasteiger partial charge in [-0.2, -0.15) is 0 Å². The van der Waals surface area contributed by atoms with Gasteiger partial charge in [-0.15, -0.1) is 0 Å². The molecule has 2 aliphatic rings. The Labute approximate surface area is 249 Å². The van der Waals surface area contributed by atoms with Gasteiger partial charge in [0.1, 0.15) is 0 Å². The van der Waals surface area contributed by atoms with E-state index in [2.05, 4.69) is 139 Å². The summed E-state index contributed by atoms with van der Waals surface area (Å²) in [6.45, 7) is 6.95. The second kappa shape index (κ2) is 11.3. The van der Waals surface area contributed by atoms with Crippen molar-refractivity contribution in [2.75, 3.05) is 0 Å². The second-order valence-corrected chi connectivity index (χ2v) is 57.4. The van der Waals surface area contributed by atoms with Crippen LogP contribution in [0.1, 0.15) is 67.9 Å². The fraction of sp³-hybridized carbons (Fsp3) is 0.282. The number of fused-ring (bicyclic) bond motifs is 2. The van der Waals surface area contributed by atoms with Crippen LogP contribution in [0, 0.1) is 0 Å². The molecule has 208 valence electrons. The quantitative estimate of drug-likeness (QED) is 0.159. The first-order chi connectivity index (χ1) is 19.9. The summed E-state index contributed by atoms with van der Waals surface area (Å²) < 4.78 is 6.86. The topological polar surface area (TPSA) is 0 Å². The van der Waals surface area contributed by atoms with Gasteiger partial charge in [0.05, 0.1) is 0 Å². The third-order valence-corrected chi connectivity index (χ3v) is 53.0. The fourth-order valence-electron chi connectivity index (χ4n) is 7.96. The predicted molar refractivity (Wildman–Crippen MR) is 180 cm³/mol. The molecule has 0 spiro atoms. The van der Waals surface area contributed by atoms with Crippen LogP contribution in [0.25, 0.3) is 34.4 Å². The fourth-order valence-corrected chi connectivity index (χ4v) is 48.1. The Morgan fingerprint density at radius 2 is 1.00 bits per heavy atom. The number of allylic oxidation sites excluding steroid dienone is 2. The Bertz CT molecular complexity index is 1630. The van der Waals surface area contributed by atoms with Crippen molar-refractivity contribution in [1.82, 2.24) is 0 Å². The minimum absolute atomic E-state index is 0.399. The third kappa shape index (κ3) is 4.76. The molecular formula is C39H44HfSi. The van der Waals surface area contributed by atoms with Crippen LogP contribution in [0.4, 0.5) is 0 Å². The molecule has 41 heavy (non-hydrogen) atoms. The molecule has 0 aliphatic heterocycles. The molecule has 0 aromatic heterocycles. The van der Waals surface area contributed by atoms with Crippen LogP contribution in [0.15, 0.2) is 97.1 Å². The van der Waals surface area contributed by atoms with Gasteiger partial charge in [-0.3, -0.25) is 0 Å². The SMILES string of the molecule is CCC[SiH]=[Hf]([CH3])([CH3])([CH]1C=Cc2c(-c3ccccc3CC)cccc21)[CH]1C=Cc2c(-c3ccccc3CC)cccc21. The summed E-state index contributed by atoms with van der Waals surface area (Å²) in [5, 5.41) is 0. The van der Waals surface area contributed by atoms with Gasteiger partial charge in [-0.1, -0.05) is 0 Å². The van der Waals surface area contributed by atoms with Crippen LogP contribution in [0.3, 0.4) is 0 Å². The first kappa shape index (κ1) is 28.6. The van der Waals surface area contributed by atoms with Gasteiger partial charge in [-0.25, -0.2) is 0 Å². The van der Waals surface area contributed by atoms with Gasteiger partial charge in [-0.05, 0) is 0 Å². The zero-order valence-electron chi connectivity index (χ0n) is 25.5. The monoisotopic (exact) mass is 720 g/mol. The van der Waals surface area contributed by atoms with Crippen LogP contribution >= 0.6 is 0 Å². The van der Waals surface area contributed by atoms with E-state index in [-0.39, 0.29) is 0 Å². The van der Waals surface area contributed by atoms with Crippen molar-refractivity contribution < 1.29 is 17.1 Å². The van der Waals surface area contributed by atoms with Crippen molar-refractivity contribution in [2.45, 2.75) is 62.8 Å². The molecule has 2 atom stereocenters. The normalized spacial score (nSPS) is 17.5. The molecule has 0 heterocycles. The summed E-state index contributed by atoms with van der Waals surface area (Å²) in [7, 11) is 0. The molecule has 0 radical (unpaired) electrons. The summed E-state index contributed by atoms with van der Waals surface area (Å²) in [4.78, 5) is 0. The van der Waals surface area contributed by atoms with Gasteiger partial charge in [0.15, 0.2) is 0 Å². The summed E-state index contributed by atoms with van der Waals surface area (Å²) in [5.41, 5.74) is 14.7. The van der Waals surface area contributed by atoms with E-state index in [0.29, 0.717) is 13.6 Å². The summed E-state index contributed by atoms with van der Waals surface area (Å²) in [6.07, 6.45) is 14.1. The van der Waals surface area contributed by atoms with Crippen LogP contribution < -0.4 is 0 Å². The standard InChI is InChI=1S/2C17H15.C3H8Si.2CH3.Hf/c2*1-2-13-7-3-4-10-15(13)17-12-6-9-14-8-5-11-16(14)17;1-2-3-4;;;/h2*3-12H,2H2,1H3;4H,2-3H2,1H3;2*1H3;. The Hall–Kier alpha value is -2.55. The second-order valence-electron chi connectivity index (χ2n) is 13.0. The number of aryl methyl sites for hydroxylation is 2. The van der Waals surface area contributed by atoms with Gasteiger partial charge < -0.3 is 0 Å². The molecule has 0 saturated heterocycles. The number of rotatable bonds is 8. The van der Waals surface area contributed by atoms with Crippen molar-refractivity contribution in [3.8, 4) is 22.3 Å². The van der Waals surface area contributed by atoms with E-state index in [1.54, 1.807) is 11.1 Å². The molecular weight excluding hydrogens is 675 g/mol. The molecule has 0 amide bonds. The van der Waals surface area contributed by atoms with E-state index in [4.69, 9.17) is 0 Å². The van der Waals surface area contributed by atoms with Crippen LogP contribution in [-0.4, -0.2) is 6.22 Å². The predicted octanol–water partition coefficient (Wildman–Crippen LogP) is 10.9. The van der Waals surface area contributed by atoms with E-state index >= 15 is 0 Å². The van der Waals surface area contributed by atoms with E-state index in [1.165, 1.54) is 57.0 Å². The molecule has 4 aromatic carbocycles. The van der Waals surface area contributed by atoms with Crippen LogP contribution in [-0.2, 0) is 30.0 Å². The molecule has 2 heteroatoms. The molecule has 2 unspecified atom stereocenters. The first-order valence-electron chi connectivity index (χ1n) is 15.7. The number of benzene rings is 4. The van der Waals surface area contributed by atoms with Crippen LogP contribution in [0.5, 0.6) is 0 Å². The van der Waals surface area contributed by atoms with E-state index in [9.17, 15) is 0 Å². The number of hydrogen-bond donors (Lipinski definition) is 0. The van der Waals surface area contributed by atoms with Gasteiger partial charge in [0.2, 0.25) is 0 Å².